The number of rotatable bonds is 6. The first-order valence-electron chi connectivity index (χ1n) is 7.31. The van der Waals surface area contributed by atoms with Gasteiger partial charge in [-0.2, -0.15) is 0 Å². The summed E-state index contributed by atoms with van der Waals surface area (Å²) in [4.78, 5) is 34.9. The van der Waals surface area contributed by atoms with Crippen molar-refractivity contribution in [3.8, 4) is 5.75 Å². The number of carbonyl (C=O) groups excluding carboxylic acids is 3. The maximum atomic E-state index is 12.1. The number of hydrogen-bond acceptors (Lipinski definition) is 5. The van der Waals surface area contributed by atoms with Crippen molar-refractivity contribution in [3.63, 3.8) is 0 Å². The maximum absolute atomic E-state index is 12.1. The van der Waals surface area contributed by atoms with E-state index in [0.717, 1.165) is 4.47 Å². The lowest BCUT2D eigenvalue weighted by molar-refractivity contribution is -0.139. The van der Waals surface area contributed by atoms with Crippen molar-refractivity contribution in [2.75, 3.05) is 13.2 Å². The quantitative estimate of drug-likeness (QED) is 0.567. The Balaban J connectivity index is 2.26. The highest BCUT2D eigenvalue weighted by Crippen LogP contribution is 2.23. The molecule has 128 valence electrons. The first kappa shape index (κ1) is 18.0. The van der Waals surface area contributed by atoms with E-state index in [1.807, 2.05) is 0 Å². The van der Waals surface area contributed by atoms with Gasteiger partial charge in [-0.1, -0.05) is 15.9 Å². The molecule has 7 nitrogen and oxygen atoms in total. The van der Waals surface area contributed by atoms with Gasteiger partial charge in [0.2, 0.25) is 0 Å². The zero-order chi connectivity index (χ0) is 17.7. The van der Waals surface area contributed by atoms with E-state index in [0.29, 0.717) is 28.9 Å². The Kier molecular flexibility index (Phi) is 5.97. The van der Waals surface area contributed by atoms with Gasteiger partial charge >= 0.3 is 12.0 Å². The van der Waals surface area contributed by atoms with Crippen molar-refractivity contribution in [3.05, 3.63) is 39.5 Å². The second-order valence-electron chi connectivity index (χ2n) is 5.02. The number of halogens is 1. The zero-order valence-electron chi connectivity index (χ0n) is 13.2. The van der Waals surface area contributed by atoms with E-state index in [1.54, 1.807) is 32.0 Å². The molecular formula is C16H17BrN2O5. The summed E-state index contributed by atoms with van der Waals surface area (Å²) in [6.07, 6.45) is 0.671. The van der Waals surface area contributed by atoms with E-state index in [9.17, 15) is 14.4 Å². The molecule has 24 heavy (non-hydrogen) atoms. The largest absolute Gasteiger partial charge is 0.487 e. The van der Waals surface area contributed by atoms with Crippen molar-refractivity contribution in [2.24, 2.45) is 0 Å². The van der Waals surface area contributed by atoms with Crippen molar-refractivity contribution in [2.45, 2.75) is 19.9 Å². The highest BCUT2D eigenvalue weighted by molar-refractivity contribution is 9.10. The Morgan fingerprint density at radius 3 is 2.83 bits per heavy atom. The third-order valence-corrected chi connectivity index (χ3v) is 3.83. The summed E-state index contributed by atoms with van der Waals surface area (Å²) in [6, 6.07) is 4.04. The van der Waals surface area contributed by atoms with Gasteiger partial charge in [0.1, 0.15) is 12.4 Å². The van der Waals surface area contributed by atoms with Crippen molar-refractivity contribution < 1.29 is 23.9 Å². The van der Waals surface area contributed by atoms with Crippen molar-refractivity contribution in [1.29, 1.82) is 0 Å². The Morgan fingerprint density at radius 1 is 1.42 bits per heavy atom. The molecule has 2 rings (SSSR count). The number of aldehydes is 1. The van der Waals surface area contributed by atoms with Crippen LogP contribution in [-0.2, 0) is 9.53 Å². The molecule has 0 aliphatic carbocycles. The minimum Gasteiger partial charge on any atom is -0.487 e. The molecule has 1 aromatic carbocycles. The number of carbonyl (C=O) groups is 3. The molecule has 1 unspecified atom stereocenters. The summed E-state index contributed by atoms with van der Waals surface area (Å²) in [6.45, 7) is 3.53. The lowest BCUT2D eigenvalue weighted by atomic mass is 10.0. The van der Waals surface area contributed by atoms with Crippen molar-refractivity contribution in [1.82, 2.24) is 10.6 Å². The molecule has 2 amide bonds. The fraction of sp³-hybridized carbons (Fsp3) is 0.312. The van der Waals surface area contributed by atoms with Crippen LogP contribution in [0.15, 0.2) is 33.9 Å². The average Bonchev–Trinajstić information content (AvgIpc) is 2.53. The number of esters is 1. The molecule has 1 atom stereocenters. The van der Waals surface area contributed by atoms with Gasteiger partial charge in [0.15, 0.2) is 6.29 Å². The molecule has 1 heterocycles. The van der Waals surface area contributed by atoms with E-state index in [2.05, 4.69) is 26.6 Å². The summed E-state index contributed by atoms with van der Waals surface area (Å²) in [5, 5.41) is 5.16. The highest BCUT2D eigenvalue weighted by atomic mass is 79.9. The lowest BCUT2D eigenvalue weighted by Crippen LogP contribution is -2.50. The van der Waals surface area contributed by atoms with Gasteiger partial charge in [0.05, 0.1) is 29.5 Å². The molecule has 8 heteroatoms. The zero-order valence-corrected chi connectivity index (χ0v) is 14.8. The molecule has 1 aromatic rings. The number of benzene rings is 1. The normalized spacial score (nSPS) is 17.0. The molecule has 0 aromatic heterocycles. The fourth-order valence-electron chi connectivity index (χ4n) is 2.29. The third-order valence-electron chi connectivity index (χ3n) is 3.34. The topological polar surface area (TPSA) is 93.7 Å². The Labute approximate surface area is 147 Å². The molecule has 0 bridgehead atoms. The monoisotopic (exact) mass is 396 g/mol. The van der Waals surface area contributed by atoms with Gasteiger partial charge < -0.3 is 20.1 Å². The Morgan fingerprint density at radius 2 is 2.17 bits per heavy atom. The van der Waals surface area contributed by atoms with Gasteiger partial charge in [-0.3, -0.25) is 4.79 Å². The van der Waals surface area contributed by atoms with E-state index in [4.69, 9.17) is 9.47 Å². The summed E-state index contributed by atoms with van der Waals surface area (Å²) < 4.78 is 11.4. The second kappa shape index (κ2) is 7.96. The predicted octanol–water partition coefficient (Wildman–Crippen LogP) is 2.16. The number of nitrogens with one attached hydrogen (secondary N) is 2. The molecule has 2 N–H and O–H groups in total. The van der Waals surface area contributed by atoms with Crippen LogP contribution >= 0.6 is 15.9 Å². The van der Waals surface area contributed by atoms with Crippen LogP contribution < -0.4 is 15.4 Å². The smallest absolute Gasteiger partial charge is 0.338 e. The molecule has 0 spiro atoms. The average molecular weight is 397 g/mol. The first-order chi connectivity index (χ1) is 11.5. The summed E-state index contributed by atoms with van der Waals surface area (Å²) >= 11 is 3.28. The molecule has 0 fully saturated rings. The van der Waals surface area contributed by atoms with Crippen molar-refractivity contribution >= 4 is 34.2 Å². The SMILES string of the molecule is CCOC(=O)C1=C(COc2ccc(Br)cc2C=O)NC(=O)NC1C. The standard InChI is InChI=1S/C16H17BrN2O5/c1-3-23-15(21)14-9(2)18-16(22)19-12(14)8-24-13-5-4-11(17)6-10(13)7-20/h4-7,9H,3,8H2,1-2H3,(H2,18,19,22). The molecule has 0 saturated heterocycles. The molecular weight excluding hydrogens is 380 g/mol. The van der Waals surface area contributed by atoms with Gasteiger partial charge in [0.25, 0.3) is 0 Å². The van der Waals surface area contributed by atoms with E-state index < -0.39 is 18.0 Å². The highest BCUT2D eigenvalue weighted by Gasteiger charge is 2.30. The van der Waals surface area contributed by atoms with Crippen LogP contribution in [-0.4, -0.2) is 37.5 Å². The van der Waals surface area contributed by atoms with E-state index >= 15 is 0 Å². The molecule has 0 radical (unpaired) electrons. The fourth-order valence-corrected chi connectivity index (χ4v) is 2.66. The van der Waals surface area contributed by atoms with Gasteiger partial charge in [-0.25, -0.2) is 9.59 Å². The number of hydrogen-bond donors (Lipinski definition) is 2. The Hall–Kier alpha value is -2.35. The number of amides is 2. The third kappa shape index (κ3) is 4.14. The maximum Gasteiger partial charge on any atom is 0.338 e. The number of urea groups is 1. The van der Waals surface area contributed by atoms with Crippen LogP contribution in [0, 0.1) is 0 Å². The van der Waals surface area contributed by atoms with E-state index in [-0.39, 0.29) is 13.2 Å². The van der Waals surface area contributed by atoms with Gasteiger partial charge in [-0.05, 0) is 32.0 Å². The summed E-state index contributed by atoms with van der Waals surface area (Å²) in [5.74, 6) is -0.174. The summed E-state index contributed by atoms with van der Waals surface area (Å²) in [7, 11) is 0. The van der Waals surface area contributed by atoms with Gasteiger partial charge in [-0.15, -0.1) is 0 Å². The minimum atomic E-state index is -0.525. The lowest BCUT2D eigenvalue weighted by Gasteiger charge is -2.26. The van der Waals surface area contributed by atoms with E-state index in [1.165, 1.54) is 0 Å². The minimum absolute atomic E-state index is 0.0750. The summed E-state index contributed by atoms with van der Waals surface area (Å²) in [5.41, 5.74) is 0.960. The Bertz CT molecular complexity index is 702. The van der Waals surface area contributed by atoms with Crippen LogP contribution in [0.5, 0.6) is 5.75 Å². The molecule has 0 saturated carbocycles. The second-order valence-corrected chi connectivity index (χ2v) is 5.94. The van der Waals surface area contributed by atoms with Crippen LogP contribution in [0.2, 0.25) is 0 Å². The number of ether oxygens (including phenoxy) is 2. The van der Waals surface area contributed by atoms with Crippen LogP contribution in [0.1, 0.15) is 24.2 Å². The van der Waals surface area contributed by atoms with Crippen LogP contribution in [0.3, 0.4) is 0 Å². The molecule has 1 aliphatic heterocycles. The van der Waals surface area contributed by atoms with Gasteiger partial charge in [0, 0.05) is 4.47 Å². The van der Waals surface area contributed by atoms with Crippen LogP contribution in [0.25, 0.3) is 0 Å². The van der Waals surface area contributed by atoms with Crippen LogP contribution in [0.4, 0.5) is 4.79 Å². The molecule has 1 aliphatic rings. The predicted molar refractivity (Wildman–Crippen MR) is 89.8 cm³/mol. The first-order valence-corrected chi connectivity index (χ1v) is 8.10.